The van der Waals surface area contributed by atoms with Crippen molar-refractivity contribution < 1.29 is 4.79 Å². The van der Waals surface area contributed by atoms with E-state index in [0.717, 1.165) is 24.3 Å². The highest BCUT2D eigenvalue weighted by molar-refractivity contribution is 7.11. The van der Waals surface area contributed by atoms with Crippen LogP contribution in [0.2, 0.25) is 0 Å². The summed E-state index contributed by atoms with van der Waals surface area (Å²) in [5, 5.41) is 6.11. The Labute approximate surface area is 150 Å². The van der Waals surface area contributed by atoms with Crippen molar-refractivity contribution in [3.8, 4) is 0 Å². The molecule has 0 unspecified atom stereocenters. The first kappa shape index (κ1) is 16.9. The monoisotopic (exact) mass is 356 g/mol. The molecule has 2 aromatic heterocycles. The van der Waals surface area contributed by atoms with Crippen LogP contribution in [-0.4, -0.2) is 17.4 Å². The standard InChI is InChI=1S/C19H20N2OS2/c22-18(9-8-16-7-4-12-23-16)20-11-10-19-21-14-17(24-19)13-15-5-2-1-3-6-15/h1-7,12,14H,8-11,13H2,(H,20,22). The van der Waals surface area contributed by atoms with Crippen molar-refractivity contribution in [3.63, 3.8) is 0 Å². The molecule has 24 heavy (non-hydrogen) atoms. The summed E-state index contributed by atoms with van der Waals surface area (Å²) in [4.78, 5) is 18.8. The lowest BCUT2D eigenvalue weighted by molar-refractivity contribution is -0.121. The Morgan fingerprint density at radius 1 is 1.04 bits per heavy atom. The van der Waals surface area contributed by atoms with E-state index in [0.29, 0.717) is 13.0 Å². The number of nitrogens with zero attached hydrogens (tertiary/aromatic N) is 1. The summed E-state index contributed by atoms with van der Waals surface area (Å²) in [7, 11) is 0. The minimum absolute atomic E-state index is 0.115. The first-order valence-electron chi connectivity index (χ1n) is 8.06. The Morgan fingerprint density at radius 2 is 1.92 bits per heavy atom. The van der Waals surface area contributed by atoms with E-state index in [-0.39, 0.29) is 5.91 Å². The maximum atomic E-state index is 11.9. The van der Waals surface area contributed by atoms with Gasteiger partial charge in [-0.25, -0.2) is 4.98 Å². The Hall–Kier alpha value is -1.98. The summed E-state index contributed by atoms with van der Waals surface area (Å²) in [6.07, 6.45) is 5.04. The van der Waals surface area contributed by atoms with E-state index in [1.807, 2.05) is 23.7 Å². The molecule has 0 aliphatic rings. The third-order valence-electron chi connectivity index (χ3n) is 3.66. The van der Waals surface area contributed by atoms with E-state index in [4.69, 9.17) is 0 Å². The Bertz CT molecular complexity index is 751. The third-order valence-corrected chi connectivity index (χ3v) is 5.66. The molecule has 0 fully saturated rings. The molecular weight excluding hydrogens is 336 g/mol. The number of thiophene rings is 1. The number of aryl methyl sites for hydroxylation is 1. The van der Waals surface area contributed by atoms with Gasteiger partial charge in [0, 0.05) is 41.8 Å². The fourth-order valence-electron chi connectivity index (χ4n) is 2.43. The van der Waals surface area contributed by atoms with Crippen LogP contribution in [0.25, 0.3) is 0 Å². The zero-order valence-electron chi connectivity index (χ0n) is 13.4. The van der Waals surface area contributed by atoms with Crippen molar-refractivity contribution in [1.82, 2.24) is 10.3 Å². The molecule has 0 saturated carbocycles. The van der Waals surface area contributed by atoms with Gasteiger partial charge in [-0.1, -0.05) is 36.4 Å². The molecule has 5 heteroatoms. The second-order valence-corrected chi connectivity index (χ2v) is 7.79. The van der Waals surface area contributed by atoms with Crippen LogP contribution in [0.15, 0.2) is 54.0 Å². The third kappa shape index (κ3) is 5.28. The van der Waals surface area contributed by atoms with Crippen LogP contribution in [0, 0.1) is 0 Å². The summed E-state index contributed by atoms with van der Waals surface area (Å²) in [6.45, 7) is 0.654. The molecule has 3 rings (SSSR count). The molecule has 1 N–H and O–H groups in total. The minimum Gasteiger partial charge on any atom is -0.356 e. The first-order chi connectivity index (χ1) is 11.8. The highest BCUT2D eigenvalue weighted by Gasteiger charge is 2.06. The number of nitrogens with one attached hydrogen (secondary N) is 1. The molecule has 1 aromatic carbocycles. The van der Waals surface area contributed by atoms with Crippen LogP contribution in [0.4, 0.5) is 0 Å². The predicted molar refractivity (Wildman–Crippen MR) is 101 cm³/mol. The van der Waals surface area contributed by atoms with Gasteiger partial charge in [0.15, 0.2) is 0 Å². The zero-order chi connectivity index (χ0) is 16.6. The second kappa shape index (κ2) is 8.76. The van der Waals surface area contributed by atoms with Gasteiger partial charge in [0.05, 0.1) is 5.01 Å². The first-order valence-corrected chi connectivity index (χ1v) is 9.76. The molecule has 0 aliphatic carbocycles. The van der Waals surface area contributed by atoms with Crippen LogP contribution in [0.5, 0.6) is 0 Å². The summed E-state index contributed by atoms with van der Waals surface area (Å²) < 4.78 is 0. The van der Waals surface area contributed by atoms with Gasteiger partial charge in [-0.05, 0) is 23.4 Å². The highest BCUT2D eigenvalue weighted by atomic mass is 32.1. The van der Waals surface area contributed by atoms with E-state index in [1.165, 1.54) is 15.3 Å². The summed E-state index contributed by atoms with van der Waals surface area (Å²) >= 11 is 3.43. The number of amides is 1. The Balaban J connectivity index is 1.38. The van der Waals surface area contributed by atoms with Gasteiger partial charge < -0.3 is 5.32 Å². The van der Waals surface area contributed by atoms with Crippen molar-refractivity contribution in [2.45, 2.75) is 25.7 Å². The summed E-state index contributed by atoms with van der Waals surface area (Å²) in [5.74, 6) is 0.115. The van der Waals surface area contributed by atoms with Crippen LogP contribution in [0.1, 0.15) is 26.7 Å². The van der Waals surface area contributed by atoms with E-state index >= 15 is 0 Å². The molecule has 0 aliphatic heterocycles. The molecular formula is C19H20N2OS2. The van der Waals surface area contributed by atoms with Crippen molar-refractivity contribution in [3.05, 3.63) is 74.4 Å². The second-order valence-electron chi connectivity index (χ2n) is 5.56. The van der Waals surface area contributed by atoms with Crippen LogP contribution in [0.3, 0.4) is 0 Å². The lowest BCUT2D eigenvalue weighted by Gasteiger charge is -2.03. The van der Waals surface area contributed by atoms with Gasteiger partial charge in [-0.3, -0.25) is 4.79 Å². The topological polar surface area (TPSA) is 42.0 Å². The van der Waals surface area contributed by atoms with Gasteiger partial charge in [-0.2, -0.15) is 0 Å². The molecule has 1 amide bonds. The SMILES string of the molecule is O=C(CCc1cccs1)NCCc1ncc(Cc2ccccc2)s1. The van der Waals surface area contributed by atoms with Crippen molar-refractivity contribution in [1.29, 1.82) is 0 Å². The molecule has 124 valence electrons. The van der Waals surface area contributed by atoms with E-state index in [9.17, 15) is 4.79 Å². The molecule has 3 nitrogen and oxygen atoms in total. The van der Waals surface area contributed by atoms with E-state index in [2.05, 4.69) is 40.6 Å². The molecule has 0 bridgehead atoms. The maximum absolute atomic E-state index is 11.9. The largest absolute Gasteiger partial charge is 0.356 e. The quantitative estimate of drug-likeness (QED) is 0.660. The average Bonchev–Trinajstić information content (AvgIpc) is 3.26. The van der Waals surface area contributed by atoms with Crippen molar-refractivity contribution in [2.75, 3.05) is 6.54 Å². The number of thiazole rings is 1. The van der Waals surface area contributed by atoms with E-state index in [1.54, 1.807) is 22.7 Å². The lowest BCUT2D eigenvalue weighted by atomic mass is 10.1. The molecule has 0 radical (unpaired) electrons. The summed E-state index contributed by atoms with van der Waals surface area (Å²) in [6, 6.07) is 14.5. The number of benzene rings is 1. The molecule has 0 saturated heterocycles. The van der Waals surface area contributed by atoms with Crippen molar-refractivity contribution in [2.24, 2.45) is 0 Å². The van der Waals surface area contributed by atoms with Crippen LogP contribution in [-0.2, 0) is 24.1 Å². The predicted octanol–water partition coefficient (Wildman–Crippen LogP) is 4.09. The molecule has 0 atom stereocenters. The normalized spacial score (nSPS) is 10.7. The molecule has 0 spiro atoms. The highest BCUT2D eigenvalue weighted by Crippen LogP contribution is 2.17. The minimum atomic E-state index is 0.115. The van der Waals surface area contributed by atoms with Crippen LogP contribution < -0.4 is 5.32 Å². The average molecular weight is 357 g/mol. The molecule has 2 heterocycles. The summed E-state index contributed by atoms with van der Waals surface area (Å²) in [5.41, 5.74) is 1.30. The number of carbonyl (C=O) groups excluding carboxylic acids is 1. The van der Waals surface area contributed by atoms with E-state index < -0.39 is 0 Å². The van der Waals surface area contributed by atoms with Gasteiger partial charge in [-0.15, -0.1) is 22.7 Å². The maximum Gasteiger partial charge on any atom is 0.220 e. The van der Waals surface area contributed by atoms with Gasteiger partial charge in [0.2, 0.25) is 5.91 Å². The fourth-order valence-corrected chi connectivity index (χ4v) is 4.10. The smallest absolute Gasteiger partial charge is 0.220 e. The number of hydrogen-bond acceptors (Lipinski definition) is 4. The number of carbonyl (C=O) groups is 1. The lowest BCUT2D eigenvalue weighted by Crippen LogP contribution is -2.25. The van der Waals surface area contributed by atoms with Gasteiger partial charge in [0.25, 0.3) is 0 Å². The zero-order valence-corrected chi connectivity index (χ0v) is 15.0. The molecule has 3 aromatic rings. The number of aromatic nitrogens is 1. The Kier molecular flexibility index (Phi) is 6.15. The van der Waals surface area contributed by atoms with Gasteiger partial charge >= 0.3 is 0 Å². The van der Waals surface area contributed by atoms with Crippen molar-refractivity contribution >= 4 is 28.6 Å². The number of hydrogen-bond donors (Lipinski definition) is 1. The fraction of sp³-hybridized carbons (Fsp3) is 0.263. The van der Waals surface area contributed by atoms with Gasteiger partial charge in [0.1, 0.15) is 0 Å². The van der Waals surface area contributed by atoms with Crippen LogP contribution >= 0.6 is 22.7 Å². The number of rotatable bonds is 8. The Morgan fingerprint density at radius 3 is 2.71 bits per heavy atom.